The number of carbonyl (C=O) groups excluding carboxylic acids is 2. The van der Waals surface area contributed by atoms with E-state index in [0.29, 0.717) is 6.42 Å². The van der Waals surface area contributed by atoms with E-state index < -0.39 is 33.9 Å². The monoisotopic (exact) mass is 419 g/mol. The van der Waals surface area contributed by atoms with Gasteiger partial charge in [-0.3, -0.25) is 9.59 Å². The number of rotatable bonds is 6. The Hall–Kier alpha value is -2.68. The molecule has 0 bridgehead atoms. The van der Waals surface area contributed by atoms with Crippen molar-refractivity contribution in [1.29, 1.82) is 0 Å². The minimum Gasteiger partial charge on any atom is -0.455 e. The zero-order chi connectivity index (χ0) is 21.2. The van der Waals surface area contributed by atoms with Gasteiger partial charge in [0.1, 0.15) is 0 Å². The van der Waals surface area contributed by atoms with Crippen molar-refractivity contribution in [1.82, 2.24) is 15.1 Å². The molecular weight excluding hydrogens is 394 g/mol. The average Bonchev–Trinajstić information content (AvgIpc) is 3.09. The number of nitrogens with zero attached hydrogens (tertiary/aromatic N) is 2. The smallest absolute Gasteiger partial charge is 0.310 e. The van der Waals surface area contributed by atoms with Gasteiger partial charge in [-0.2, -0.15) is 5.10 Å². The number of amides is 1. The fourth-order valence-corrected chi connectivity index (χ4v) is 5.67. The fraction of sp³-hybridized carbons (Fsp3) is 0.450. The van der Waals surface area contributed by atoms with Crippen LogP contribution in [-0.4, -0.2) is 53.7 Å². The minimum absolute atomic E-state index is 0.00340. The molecule has 0 unspecified atom stereocenters. The SMILES string of the molecule is Cc1nn(-c2ccccc2)c(C)c1CC(=O)OCC(=O)N[C@]1(C)CCS(=O)(=O)C1. The zero-order valence-corrected chi connectivity index (χ0v) is 17.6. The maximum atomic E-state index is 12.3. The lowest BCUT2D eigenvalue weighted by atomic mass is 10.0. The Kier molecular flexibility index (Phi) is 5.79. The van der Waals surface area contributed by atoms with Gasteiger partial charge in [-0.25, -0.2) is 13.1 Å². The van der Waals surface area contributed by atoms with Crippen molar-refractivity contribution in [3.05, 3.63) is 47.3 Å². The molecule has 1 atom stereocenters. The third-order valence-electron chi connectivity index (χ3n) is 5.07. The van der Waals surface area contributed by atoms with E-state index in [1.807, 2.05) is 44.2 Å². The topological polar surface area (TPSA) is 107 Å². The number of para-hydroxylation sites is 1. The number of carbonyl (C=O) groups is 2. The number of benzene rings is 1. The van der Waals surface area contributed by atoms with Crippen molar-refractivity contribution in [2.45, 2.75) is 39.2 Å². The van der Waals surface area contributed by atoms with Gasteiger partial charge in [-0.15, -0.1) is 0 Å². The molecule has 1 aliphatic heterocycles. The Bertz CT molecular complexity index is 1030. The van der Waals surface area contributed by atoms with Gasteiger partial charge in [-0.1, -0.05) is 18.2 Å². The summed E-state index contributed by atoms with van der Waals surface area (Å²) < 4.78 is 30.1. The predicted octanol–water partition coefficient (Wildman–Crippen LogP) is 1.27. The highest BCUT2D eigenvalue weighted by Gasteiger charge is 2.39. The molecule has 0 saturated carbocycles. The Morgan fingerprint density at radius 1 is 1.24 bits per heavy atom. The van der Waals surface area contributed by atoms with E-state index in [4.69, 9.17) is 4.74 Å². The molecule has 1 fully saturated rings. The van der Waals surface area contributed by atoms with Gasteiger partial charge >= 0.3 is 5.97 Å². The molecule has 1 amide bonds. The van der Waals surface area contributed by atoms with E-state index in [2.05, 4.69) is 10.4 Å². The summed E-state index contributed by atoms with van der Waals surface area (Å²) >= 11 is 0. The number of aryl methyl sites for hydroxylation is 1. The largest absolute Gasteiger partial charge is 0.455 e. The number of aromatic nitrogens is 2. The molecule has 29 heavy (non-hydrogen) atoms. The summed E-state index contributed by atoms with van der Waals surface area (Å²) in [5.41, 5.74) is 2.39. The zero-order valence-electron chi connectivity index (χ0n) is 16.8. The van der Waals surface area contributed by atoms with Crippen LogP contribution in [0.5, 0.6) is 0 Å². The Balaban J connectivity index is 1.58. The van der Waals surface area contributed by atoms with E-state index in [-0.39, 0.29) is 17.9 Å². The molecule has 8 nitrogen and oxygen atoms in total. The molecule has 2 heterocycles. The summed E-state index contributed by atoms with van der Waals surface area (Å²) in [5.74, 6) is -1.10. The molecule has 3 rings (SSSR count). The van der Waals surface area contributed by atoms with E-state index in [9.17, 15) is 18.0 Å². The molecule has 1 aromatic carbocycles. The van der Waals surface area contributed by atoms with Crippen molar-refractivity contribution in [3.8, 4) is 5.69 Å². The van der Waals surface area contributed by atoms with Crippen molar-refractivity contribution in [2.75, 3.05) is 18.1 Å². The maximum absolute atomic E-state index is 12.3. The highest BCUT2D eigenvalue weighted by molar-refractivity contribution is 7.91. The molecule has 0 aliphatic carbocycles. The van der Waals surface area contributed by atoms with Crippen LogP contribution in [0.1, 0.15) is 30.3 Å². The van der Waals surface area contributed by atoms with E-state index in [1.165, 1.54) is 0 Å². The van der Waals surface area contributed by atoms with Crippen LogP contribution in [0.3, 0.4) is 0 Å². The maximum Gasteiger partial charge on any atom is 0.310 e. The van der Waals surface area contributed by atoms with Gasteiger partial charge in [0.05, 0.1) is 34.8 Å². The highest BCUT2D eigenvalue weighted by atomic mass is 32.2. The molecular formula is C20H25N3O5S. The average molecular weight is 420 g/mol. The first-order valence-corrected chi connectivity index (χ1v) is 11.2. The van der Waals surface area contributed by atoms with Crippen LogP contribution >= 0.6 is 0 Å². The normalized spacial score (nSPS) is 20.4. The molecule has 2 aromatic rings. The Morgan fingerprint density at radius 3 is 2.55 bits per heavy atom. The summed E-state index contributed by atoms with van der Waals surface area (Å²) in [7, 11) is -3.13. The second kappa shape index (κ2) is 7.98. The molecule has 1 aliphatic rings. The van der Waals surface area contributed by atoms with E-state index in [1.54, 1.807) is 11.6 Å². The molecule has 9 heteroatoms. The number of nitrogens with one attached hydrogen (secondary N) is 1. The predicted molar refractivity (Wildman–Crippen MR) is 108 cm³/mol. The number of ether oxygens (including phenoxy) is 1. The van der Waals surface area contributed by atoms with Gasteiger partial charge in [0.2, 0.25) is 0 Å². The van der Waals surface area contributed by atoms with Gasteiger partial charge in [0.15, 0.2) is 16.4 Å². The molecule has 1 N–H and O–H groups in total. The number of sulfone groups is 1. The highest BCUT2D eigenvalue weighted by Crippen LogP contribution is 2.23. The van der Waals surface area contributed by atoms with Crippen LogP contribution in [0.25, 0.3) is 5.69 Å². The van der Waals surface area contributed by atoms with Crippen LogP contribution in [0, 0.1) is 13.8 Å². The molecule has 1 aromatic heterocycles. The van der Waals surface area contributed by atoms with Crippen LogP contribution in [0.4, 0.5) is 0 Å². The van der Waals surface area contributed by atoms with Crippen molar-refractivity contribution in [2.24, 2.45) is 0 Å². The van der Waals surface area contributed by atoms with Gasteiger partial charge in [-0.05, 0) is 39.3 Å². The lowest BCUT2D eigenvalue weighted by Gasteiger charge is -2.23. The second-order valence-corrected chi connectivity index (χ2v) is 9.87. The Labute approximate surface area is 170 Å². The minimum atomic E-state index is -3.13. The van der Waals surface area contributed by atoms with Crippen LogP contribution in [0.15, 0.2) is 30.3 Å². The lowest BCUT2D eigenvalue weighted by Crippen LogP contribution is -2.48. The van der Waals surface area contributed by atoms with Crippen molar-refractivity contribution >= 4 is 21.7 Å². The summed E-state index contributed by atoms with van der Waals surface area (Å²) in [6.07, 6.45) is 0.357. The first kappa shape index (κ1) is 21.0. The van der Waals surface area contributed by atoms with E-state index in [0.717, 1.165) is 22.6 Å². The van der Waals surface area contributed by atoms with Gasteiger partial charge in [0, 0.05) is 11.3 Å². The molecule has 0 spiro atoms. The first-order valence-electron chi connectivity index (χ1n) is 9.36. The summed E-state index contributed by atoms with van der Waals surface area (Å²) in [4.78, 5) is 24.3. The second-order valence-electron chi connectivity index (χ2n) is 7.69. The summed E-state index contributed by atoms with van der Waals surface area (Å²) in [6.45, 7) is 4.94. The molecule has 156 valence electrons. The van der Waals surface area contributed by atoms with E-state index >= 15 is 0 Å². The van der Waals surface area contributed by atoms with Crippen LogP contribution in [-0.2, 0) is 30.6 Å². The summed E-state index contributed by atoms with van der Waals surface area (Å²) in [5, 5.41) is 7.16. The lowest BCUT2D eigenvalue weighted by molar-refractivity contribution is -0.148. The quantitative estimate of drug-likeness (QED) is 0.707. The van der Waals surface area contributed by atoms with Crippen molar-refractivity contribution < 1.29 is 22.7 Å². The number of hydrogen-bond donors (Lipinski definition) is 1. The third kappa shape index (κ3) is 5.03. The Morgan fingerprint density at radius 2 is 1.93 bits per heavy atom. The third-order valence-corrected chi connectivity index (χ3v) is 6.97. The fourth-order valence-electron chi connectivity index (χ4n) is 3.57. The first-order chi connectivity index (χ1) is 13.6. The van der Waals surface area contributed by atoms with Crippen LogP contribution in [0.2, 0.25) is 0 Å². The van der Waals surface area contributed by atoms with Crippen molar-refractivity contribution in [3.63, 3.8) is 0 Å². The van der Waals surface area contributed by atoms with Crippen LogP contribution < -0.4 is 5.32 Å². The molecule has 0 radical (unpaired) electrons. The van der Waals surface area contributed by atoms with Gasteiger partial charge in [0.25, 0.3) is 5.91 Å². The van der Waals surface area contributed by atoms with Gasteiger partial charge < -0.3 is 10.1 Å². The summed E-state index contributed by atoms with van der Waals surface area (Å²) in [6, 6.07) is 9.59. The molecule has 1 saturated heterocycles. The number of esters is 1. The standard InChI is InChI=1S/C20H25N3O5S/c1-14-17(15(2)23(22-14)16-7-5-4-6-8-16)11-19(25)28-12-18(24)21-20(3)9-10-29(26,27)13-20/h4-8H,9-13H2,1-3H3,(H,21,24)/t20-/m1/s1. The number of hydrogen-bond acceptors (Lipinski definition) is 6.